The minimum absolute atomic E-state index is 0. The molecule has 0 aromatic carbocycles. The first-order valence-electron chi connectivity index (χ1n) is 5.61. The van der Waals surface area contributed by atoms with E-state index in [1.807, 2.05) is 18.7 Å². The number of rotatable bonds is 3. The highest BCUT2D eigenvalue weighted by molar-refractivity contribution is 5.86. The summed E-state index contributed by atoms with van der Waals surface area (Å²) in [5, 5.41) is 0. The number of nitrogens with two attached hydrogens (primary N) is 1. The van der Waals surface area contributed by atoms with Gasteiger partial charge in [-0.3, -0.25) is 4.90 Å². The number of nitrogens with zero attached hydrogens (tertiary/aromatic N) is 2. The Bertz CT molecular complexity index is 359. The number of aryl methyl sites for hydroxylation is 2. The lowest BCUT2D eigenvalue weighted by Crippen LogP contribution is -2.35. The van der Waals surface area contributed by atoms with E-state index in [0.717, 1.165) is 11.5 Å². The van der Waals surface area contributed by atoms with Crippen molar-refractivity contribution in [3.63, 3.8) is 0 Å². The monoisotopic (exact) mass is 335 g/mol. The maximum absolute atomic E-state index is 13.2. The second-order valence-corrected chi connectivity index (χ2v) is 4.40. The van der Waals surface area contributed by atoms with Crippen LogP contribution in [0.5, 0.6) is 0 Å². The quantitative estimate of drug-likeness (QED) is 0.921. The fourth-order valence-electron chi connectivity index (χ4n) is 2.14. The Labute approximate surface area is 131 Å². The van der Waals surface area contributed by atoms with E-state index in [9.17, 15) is 4.39 Å². The van der Waals surface area contributed by atoms with Gasteiger partial charge in [-0.25, -0.2) is 9.37 Å². The number of hydrogen-bond donors (Lipinski definition) is 1. The second kappa shape index (κ2) is 8.97. The summed E-state index contributed by atoms with van der Waals surface area (Å²) in [6.45, 7) is 5.26. The lowest BCUT2D eigenvalue weighted by atomic mass is 10.2. The van der Waals surface area contributed by atoms with Crippen LogP contribution in [0.1, 0.15) is 23.8 Å². The molecule has 4 nitrogen and oxygen atoms in total. The lowest BCUT2D eigenvalue weighted by molar-refractivity contribution is 0.215. The van der Waals surface area contributed by atoms with Crippen LogP contribution in [0.3, 0.4) is 0 Å². The molecule has 19 heavy (non-hydrogen) atoms. The number of aromatic nitrogens is 1. The van der Waals surface area contributed by atoms with E-state index in [1.54, 1.807) is 0 Å². The lowest BCUT2D eigenvalue weighted by Gasteiger charge is -2.20. The summed E-state index contributed by atoms with van der Waals surface area (Å²) in [6, 6.07) is 0.113. The molecule has 0 saturated carbocycles. The van der Waals surface area contributed by atoms with Crippen molar-refractivity contribution in [2.75, 3.05) is 13.1 Å². The number of hydrogen-bond acceptors (Lipinski definition) is 4. The predicted octanol–water partition coefficient (Wildman–Crippen LogP) is 2.43. The maximum atomic E-state index is 13.2. The highest BCUT2D eigenvalue weighted by Gasteiger charge is 2.31. The Hall–Kier alpha value is -0.0700. The summed E-state index contributed by atoms with van der Waals surface area (Å²) < 4.78 is 18.7. The first-order chi connectivity index (χ1) is 7.60. The molecule has 1 aromatic heterocycles. The molecule has 1 aliphatic rings. The molecule has 2 rings (SSSR count). The van der Waals surface area contributed by atoms with Gasteiger partial charge in [-0.1, -0.05) is 0 Å². The minimum atomic E-state index is -0.772. The van der Waals surface area contributed by atoms with E-state index in [-0.39, 0.29) is 43.3 Å². The summed E-state index contributed by atoms with van der Waals surface area (Å²) in [4.78, 5) is 6.31. The van der Waals surface area contributed by atoms with Crippen LogP contribution < -0.4 is 5.73 Å². The maximum Gasteiger partial charge on any atom is 0.208 e. The van der Waals surface area contributed by atoms with E-state index in [2.05, 4.69) is 4.98 Å². The van der Waals surface area contributed by atoms with Crippen molar-refractivity contribution in [3.8, 4) is 0 Å². The van der Waals surface area contributed by atoms with Crippen LogP contribution in [0.25, 0.3) is 0 Å². The van der Waals surface area contributed by atoms with E-state index >= 15 is 0 Å². The summed E-state index contributed by atoms with van der Waals surface area (Å²) in [5.41, 5.74) is 6.51. The molecule has 0 aliphatic carbocycles. The number of alkyl halides is 1. The Kier molecular flexibility index (Phi) is 10.0. The number of oxazole rings is 1. The van der Waals surface area contributed by atoms with Crippen molar-refractivity contribution in [3.05, 3.63) is 17.3 Å². The third-order valence-corrected chi connectivity index (χ3v) is 3.16. The molecule has 2 N–H and O–H groups in total. The smallest absolute Gasteiger partial charge is 0.208 e. The molecule has 0 bridgehead atoms. The van der Waals surface area contributed by atoms with E-state index < -0.39 is 6.17 Å². The fourth-order valence-corrected chi connectivity index (χ4v) is 2.14. The van der Waals surface area contributed by atoms with Gasteiger partial charge in [0, 0.05) is 19.1 Å². The Morgan fingerprint density at radius 1 is 1.37 bits per heavy atom. The standard InChI is InChI=1S/C11H18FN3O.3ClH/c1-7-8(2)16-11(14-7)6-15-5-9(12)3-10(15)4-13;;;/h9-10H,3-6,13H2,1-2H3;3*1H/t9-,10-;;;/m0.../s1. The van der Waals surface area contributed by atoms with Crippen molar-refractivity contribution in [1.82, 2.24) is 9.88 Å². The van der Waals surface area contributed by atoms with Crippen molar-refractivity contribution in [2.45, 2.75) is 39.0 Å². The zero-order valence-corrected chi connectivity index (χ0v) is 13.4. The van der Waals surface area contributed by atoms with Crippen molar-refractivity contribution >= 4 is 37.2 Å². The summed E-state index contributed by atoms with van der Waals surface area (Å²) >= 11 is 0. The number of halogens is 4. The molecular formula is C11H21Cl3FN3O. The van der Waals surface area contributed by atoms with Gasteiger partial charge >= 0.3 is 0 Å². The van der Waals surface area contributed by atoms with Gasteiger partial charge in [-0.15, -0.1) is 37.2 Å². The highest BCUT2D eigenvalue weighted by Crippen LogP contribution is 2.22. The molecule has 1 aromatic rings. The van der Waals surface area contributed by atoms with Crippen LogP contribution >= 0.6 is 37.2 Å². The van der Waals surface area contributed by atoms with Crippen LogP contribution in [-0.4, -0.2) is 35.2 Å². The van der Waals surface area contributed by atoms with Gasteiger partial charge in [0.05, 0.1) is 12.2 Å². The summed E-state index contributed by atoms with van der Waals surface area (Å²) in [6.07, 6.45) is -0.250. The topological polar surface area (TPSA) is 55.3 Å². The third kappa shape index (κ3) is 5.08. The molecule has 2 atom stereocenters. The van der Waals surface area contributed by atoms with E-state index in [0.29, 0.717) is 31.9 Å². The average molecular weight is 337 g/mol. The molecule has 0 spiro atoms. The molecule has 1 aliphatic heterocycles. The fraction of sp³-hybridized carbons (Fsp3) is 0.727. The SMILES string of the molecule is Cc1nc(CN2C[C@@H](F)C[C@H]2CN)oc1C.Cl.Cl.Cl. The Morgan fingerprint density at radius 2 is 2.00 bits per heavy atom. The van der Waals surface area contributed by atoms with Crippen LogP contribution in [0.15, 0.2) is 4.42 Å². The molecule has 1 saturated heterocycles. The van der Waals surface area contributed by atoms with Crippen LogP contribution in [0.2, 0.25) is 0 Å². The zero-order valence-electron chi connectivity index (χ0n) is 11.0. The molecule has 0 unspecified atom stereocenters. The highest BCUT2D eigenvalue weighted by atomic mass is 35.5. The Balaban J connectivity index is 0. The predicted molar refractivity (Wildman–Crippen MR) is 80.5 cm³/mol. The van der Waals surface area contributed by atoms with E-state index in [1.165, 1.54) is 0 Å². The number of likely N-dealkylation sites (tertiary alicyclic amines) is 1. The summed E-state index contributed by atoms with van der Waals surface area (Å²) in [5.74, 6) is 1.48. The van der Waals surface area contributed by atoms with Gasteiger partial charge in [0.15, 0.2) is 0 Å². The van der Waals surface area contributed by atoms with Crippen LogP contribution in [0.4, 0.5) is 4.39 Å². The minimum Gasteiger partial charge on any atom is -0.444 e. The van der Waals surface area contributed by atoms with Gasteiger partial charge in [0.2, 0.25) is 5.89 Å². The normalized spacial score (nSPS) is 22.3. The Morgan fingerprint density at radius 3 is 2.47 bits per heavy atom. The van der Waals surface area contributed by atoms with Crippen LogP contribution in [-0.2, 0) is 6.54 Å². The molecule has 114 valence electrons. The van der Waals surface area contributed by atoms with Crippen molar-refractivity contribution in [1.29, 1.82) is 0 Å². The van der Waals surface area contributed by atoms with Crippen LogP contribution in [0, 0.1) is 13.8 Å². The second-order valence-electron chi connectivity index (χ2n) is 4.40. The average Bonchev–Trinajstić information content (AvgIpc) is 2.72. The molecule has 0 amide bonds. The zero-order chi connectivity index (χ0) is 11.7. The van der Waals surface area contributed by atoms with E-state index in [4.69, 9.17) is 10.2 Å². The van der Waals surface area contributed by atoms with Gasteiger partial charge in [0.25, 0.3) is 0 Å². The first-order valence-corrected chi connectivity index (χ1v) is 5.61. The van der Waals surface area contributed by atoms with Crippen molar-refractivity contribution < 1.29 is 8.81 Å². The molecule has 1 fully saturated rings. The van der Waals surface area contributed by atoms with Gasteiger partial charge in [0.1, 0.15) is 11.9 Å². The van der Waals surface area contributed by atoms with Gasteiger partial charge < -0.3 is 10.2 Å². The molecule has 0 radical (unpaired) electrons. The van der Waals surface area contributed by atoms with Crippen molar-refractivity contribution in [2.24, 2.45) is 5.73 Å². The molecule has 2 heterocycles. The third-order valence-electron chi connectivity index (χ3n) is 3.16. The van der Waals surface area contributed by atoms with Gasteiger partial charge in [-0.2, -0.15) is 0 Å². The van der Waals surface area contributed by atoms with Gasteiger partial charge in [-0.05, 0) is 20.3 Å². The summed E-state index contributed by atoms with van der Waals surface area (Å²) in [7, 11) is 0. The molecule has 8 heteroatoms. The largest absolute Gasteiger partial charge is 0.444 e. The molecular weight excluding hydrogens is 315 g/mol. The first kappa shape index (κ1) is 21.2.